The second-order valence-electron chi connectivity index (χ2n) is 5.19. The summed E-state index contributed by atoms with van der Waals surface area (Å²) in [6.07, 6.45) is -0.642. The summed E-state index contributed by atoms with van der Waals surface area (Å²) < 4.78 is 43.3. The average molecular weight is 309 g/mol. The van der Waals surface area contributed by atoms with Gasteiger partial charge in [0, 0.05) is 6.42 Å². The zero-order chi connectivity index (χ0) is 15.6. The maximum atomic E-state index is 12.6. The predicted octanol–water partition coefficient (Wildman–Crippen LogP) is 3.05. The molecule has 1 N–H and O–H groups in total. The fourth-order valence-corrected chi connectivity index (χ4v) is 2.12. The Morgan fingerprint density at radius 2 is 1.86 bits per heavy atom. The van der Waals surface area contributed by atoms with E-state index in [9.17, 15) is 13.2 Å². The molecule has 2 aromatic rings. The highest BCUT2D eigenvalue weighted by Gasteiger charge is 2.30. The van der Waals surface area contributed by atoms with Gasteiger partial charge < -0.3 is 10.1 Å². The molecule has 0 atom stereocenters. The first-order chi connectivity index (χ1) is 10.5. The van der Waals surface area contributed by atoms with Crippen LogP contribution in [-0.2, 0) is 12.6 Å². The number of aromatic nitrogens is 2. The van der Waals surface area contributed by atoms with Crippen LogP contribution in [0.4, 0.5) is 13.2 Å². The van der Waals surface area contributed by atoms with Gasteiger partial charge in [0.15, 0.2) is 5.75 Å². The van der Waals surface area contributed by atoms with E-state index in [1.165, 1.54) is 24.5 Å². The predicted molar refractivity (Wildman–Crippen MR) is 73.6 cm³/mol. The summed E-state index contributed by atoms with van der Waals surface area (Å²) in [5.74, 6) is 1.68. The normalized spacial score (nSPS) is 15.4. The molecule has 0 amide bonds. The van der Waals surface area contributed by atoms with Crippen LogP contribution in [0.5, 0.6) is 11.5 Å². The monoisotopic (exact) mass is 309 g/mol. The van der Waals surface area contributed by atoms with Crippen LogP contribution in [0, 0.1) is 5.92 Å². The van der Waals surface area contributed by atoms with Crippen LogP contribution in [-0.4, -0.2) is 23.1 Å². The largest absolute Gasteiger partial charge is 0.454 e. The molecule has 0 bridgehead atoms. The topological polar surface area (TPSA) is 47.0 Å². The van der Waals surface area contributed by atoms with Gasteiger partial charge >= 0.3 is 6.18 Å². The van der Waals surface area contributed by atoms with Gasteiger partial charge in [-0.1, -0.05) is 6.07 Å². The average Bonchev–Trinajstić information content (AvgIpc) is 2.44. The summed E-state index contributed by atoms with van der Waals surface area (Å²) in [4.78, 5) is 8.36. The number of ether oxygens (including phenoxy) is 1. The molecule has 0 radical (unpaired) electrons. The lowest BCUT2D eigenvalue weighted by atomic mass is 9.99. The van der Waals surface area contributed by atoms with E-state index in [-0.39, 0.29) is 5.75 Å². The molecule has 3 rings (SSSR count). The van der Waals surface area contributed by atoms with E-state index in [1.54, 1.807) is 0 Å². The molecule has 4 nitrogen and oxygen atoms in total. The van der Waals surface area contributed by atoms with Crippen LogP contribution in [0.3, 0.4) is 0 Å². The van der Waals surface area contributed by atoms with Crippen molar-refractivity contribution < 1.29 is 17.9 Å². The fraction of sp³-hybridized carbons (Fsp3) is 0.333. The Kier molecular flexibility index (Phi) is 3.98. The van der Waals surface area contributed by atoms with Crippen LogP contribution in [0.25, 0.3) is 0 Å². The van der Waals surface area contributed by atoms with Crippen molar-refractivity contribution >= 4 is 0 Å². The van der Waals surface area contributed by atoms with E-state index < -0.39 is 11.7 Å². The van der Waals surface area contributed by atoms with Crippen molar-refractivity contribution in [1.82, 2.24) is 15.3 Å². The summed E-state index contributed by atoms with van der Waals surface area (Å²) in [5, 5.41) is 3.17. The first-order valence-corrected chi connectivity index (χ1v) is 6.87. The zero-order valence-electron chi connectivity index (χ0n) is 11.6. The quantitative estimate of drug-likeness (QED) is 0.943. The van der Waals surface area contributed by atoms with Crippen molar-refractivity contribution in [2.24, 2.45) is 5.92 Å². The molecule has 22 heavy (non-hydrogen) atoms. The highest BCUT2D eigenvalue weighted by atomic mass is 19.4. The number of nitrogens with zero attached hydrogens (tertiary/aromatic N) is 2. The van der Waals surface area contributed by atoms with Crippen molar-refractivity contribution in [3.63, 3.8) is 0 Å². The van der Waals surface area contributed by atoms with Crippen LogP contribution in [0.2, 0.25) is 0 Å². The number of nitrogens with one attached hydrogen (secondary N) is 1. The Labute approximate surface area is 125 Å². The lowest BCUT2D eigenvalue weighted by molar-refractivity contribution is -0.137. The van der Waals surface area contributed by atoms with E-state index in [1.807, 2.05) is 0 Å². The molecule has 0 saturated carbocycles. The molecule has 1 fully saturated rings. The van der Waals surface area contributed by atoms with Gasteiger partial charge in [0.1, 0.15) is 11.6 Å². The third-order valence-electron chi connectivity index (χ3n) is 3.42. The fourth-order valence-electron chi connectivity index (χ4n) is 2.12. The van der Waals surface area contributed by atoms with E-state index >= 15 is 0 Å². The molecule has 0 aliphatic carbocycles. The Morgan fingerprint density at radius 3 is 2.45 bits per heavy atom. The summed E-state index contributed by atoms with van der Waals surface area (Å²) in [6.45, 7) is 1.93. The molecule has 0 spiro atoms. The Balaban J connectivity index is 1.67. The van der Waals surface area contributed by atoms with Crippen molar-refractivity contribution in [2.75, 3.05) is 13.1 Å². The minimum Gasteiger partial charge on any atom is -0.454 e. The van der Waals surface area contributed by atoms with E-state index in [2.05, 4.69) is 15.3 Å². The van der Waals surface area contributed by atoms with Gasteiger partial charge in [-0.3, -0.25) is 0 Å². The maximum absolute atomic E-state index is 12.6. The number of hydrogen-bond donors (Lipinski definition) is 1. The molecule has 1 saturated heterocycles. The van der Waals surface area contributed by atoms with Crippen molar-refractivity contribution in [1.29, 1.82) is 0 Å². The number of rotatable bonds is 4. The highest BCUT2D eigenvalue weighted by Crippen LogP contribution is 2.32. The van der Waals surface area contributed by atoms with Crippen LogP contribution in [0.1, 0.15) is 11.4 Å². The second kappa shape index (κ2) is 5.92. The third kappa shape index (κ3) is 3.54. The number of alkyl halides is 3. The number of halogens is 3. The summed E-state index contributed by atoms with van der Waals surface area (Å²) in [5.41, 5.74) is -0.750. The van der Waals surface area contributed by atoms with E-state index in [0.29, 0.717) is 17.5 Å². The number of hydrogen-bond acceptors (Lipinski definition) is 4. The molecular weight excluding hydrogens is 295 g/mol. The molecule has 0 unspecified atom stereocenters. The molecule has 1 aromatic heterocycles. The maximum Gasteiger partial charge on any atom is 0.416 e. The second-order valence-corrected chi connectivity index (χ2v) is 5.19. The SMILES string of the molecule is FC(F)(F)c1cccc(Oc2cnc(CC3CNC3)nc2)c1. The Bertz CT molecular complexity index is 639. The standard InChI is InChI=1S/C15H14F3N3O/c16-15(17,18)11-2-1-3-12(5-11)22-13-8-20-14(21-9-13)4-10-6-19-7-10/h1-3,5,8-10,19H,4,6-7H2. The number of benzene rings is 1. The van der Waals surface area contributed by atoms with E-state index in [0.717, 1.165) is 31.6 Å². The van der Waals surface area contributed by atoms with Gasteiger partial charge in [-0.05, 0) is 37.2 Å². The van der Waals surface area contributed by atoms with E-state index in [4.69, 9.17) is 4.74 Å². The van der Waals surface area contributed by atoms with Gasteiger partial charge in [-0.15, -0.1) is 0 Å². The van der Waals surface area contributed by atoms with Crippen LogP contribution in [0.15, 0.2) is 36.7 Å². The smallest absolute Gasteiger partial charge is 0.416 e. The first kappa shape index (κ1) is 14.8. The lowest BCUT2D eigenvalue weighted by Crippen LogP contribution is -2.43. The highest BCUT2D eigenvalue weighted by molar-refractivity contribution is 5.33. The first-order valence-electron chi connectivity index (χ1n) is 6.87. The molecule has 2 heterocycles. The minimum atomic E-state index is -4.39. The van der Waals surface area contributed by atoms with Gasteiger partial charge in [-0.25, -0.2) is 9.97 Å². The molecule has 1 aliphatic rings. The van der Waals surface area contributed by atoms with Gasteiger partial charge in [-0.2, -0.15) is 13.2 Å². The minimum absolute atomic E-state index is 0.106. The van der Waals surface area contributed by atoms with Crippen LogP contribution >= 0.6 is 0 Å². The lowest BCUT2D eigenvalue weighted by Gasteiger charge is -2.26. The molecule has 1 aliphatic heterocycles. The van der Waals surface area contributed by atoms with Crippen molar-refractivity contribution in [2.45, 2.75) is 12.6 Å². The molecule has 1 aromatic carbocycles. The zero-order valence-corrected chi connectivity index (χ0v) is 11.6. The molecule has 7 heteroatoms. The van der Waals surface area contributed by atoms with Crippen molar-refractivity contribution in [3.05, 3.63) is 48.0 Å². The summed E-state index contributed by atoms with van der Waals surface area (Å²) in [6, 6.07) is 4.72. The van der Waals surface area contributed by atoms with Crippen LogP contribution < -0.4 is 10.1 Å². The van der Waals surface area contributed by atoms with Gasteiger partial charge in [0.05, 0.1) is 18.0 Å². The Hall–Kier alpha value is -2.15. The van der Waals surface area contributed by atoms with Crippen molar-refractivity contribution in [3.8, 4) is 11.5 Å². The van der Waals surface area contributed by atoms with Gasteiger partial charge in [0.25, 0.3) is 0 Å². The summed E-state index contributed by atoms with van der Waals surface area (Å²) >= 11 is 0. The summed E-state index contributed by atoms with van der Waals surface area (Å²) in [7, 11) is 0. The molecular formula is C15H14F3N3O. The van der Waals surface area contributed by atoms with Gasteiger partial charge in [0.2, 0.25) is 0 Å². The Morgan fingerprint density at radius 1 is 1.14 bits per heavy atom. The third-order valence-corrected chi connectivity index (χ3v) is 3.42. The molecule has 116 valence electrons.